The second-order valence-corrected chi connectivity index (χ2v) is 6.59. The van der Waals surface area contributed by atoms with Crippen molar-refractivity contribution in [2.45, 2.75) is 19.0 Å². The number of piperazine rings is 1. The van der Waals surface area contributed by atoms with Crippen LogP contribution in [0.15, 0.2) is 22.7 Å². The van der Waals surface area contributed by atoms with Gasteiger partial charge in [0, 0.05) is 47.8 Å². The van der Waals surface area contributed by atoms with Crippen LogP contribution < -0.4 is 5.73 Å². The first-order chi connectivity index (χ1) is 9.02. The van der Waals surface area contributed by atoms with Crippen LogP contribution in [0.5, 0.6) is 0 Å². The Balaban J connectivity index is 2.24. The fourth-order valence-electron chi connectivity index (χ4n) is 2.83. The van der Waals surface area contributed by atoms with Gasteiger partial charge in [0.15, 0.2) is 0 Å². The topological polar surface area (TPSA) is 32.5 Å². The molecule has 0 radical (unpaired) electrons. The van der Waals surface area contributed by atoms with Gasteiger partial charge in [0.05, 0.1) is 0 Å². The lowest BCUT2D eigenvalue weighted by molar-refractivity contribution is 0.0636. The second kappa shape index (κ2) is 6.55. The third-order valence-electron chi connectivity index (χ3n) is 3.83. The quantitative estimate of drug-likeness (QED) is 0.913. The maximum absolute atomic E-state index is 6.38. The predicted molar refractivity (Wildman–Crippen MR) is 84.6 cm³/mol. The maximum atomic E-state index is 6.38. The number of nitrogens with two attached hydrogens (primary N) is 1. The molecule has 0 aromatic heterocycles. The highest BCUT2D eigenvalue weighted by molar-refractivity contribution is 9.10. The lowest BCUT2D eigenvalue weighted by atomic mass is 10.0. The molecule has 1 saturated heterocycles. The number of hydrogen-bond acceptors (Lipinski definition) is 3. The van der Waals surface area contributed by atoms with E-state index in [1.807, 2.05) is 12.1 Å². The number of rotatable bonds is 3. The molecule has 1 aliphatic heterocycles. The van der Waals surface area contributed by atoms with Crippen molar-refractivity contribution in [3.05, 3.63) is 33.3 Å². The average molecular weight is 347 g/mol. The molecular formula is C14H21BrClN3. The van der Waals surface area contributed by atoms with Gasteiger partial charge in [-0.25, -0.2) is 0 Å². The van der Waals surface area contributed by atoms with Crippen molar-refractivity contribution in [3.63, 3.8) is 0 Å². The van der Waals surface area contributed by atoms with Gasteiger partial charge in [0.1, 0.15) is 0 Å². The summed E-state index contributed by atoms with van der Waals surface area (Å²) in [5, 5.41) is 0.788. The van der Waals surface area contributed by atoms with Gasteiger partial charge in [-0.05, 0) is 31.7 Å². The van der Waals surface area contributed by atoms with E-state index in [2.05, 4.69) is 45.8 Å². The summed E-state index contributed by atoms with van der Waals surface area (Å²) in [5.41, 5.74) is 7.14. The van der Waals surface area contributed by atoms with Crippen LogP contribution in [0.1, 0.15) is 18.5 Å². The number of nitrogens with zero attached hydrogens (tertiary/aromatic N) is 2. The van der Waals surface area contributed by atoms with Crippen molar-refractivity contribution in [2.75, 3.05) is 33.2 Å². The molecule has 106 valence electrons. The molecule has 0 spiro atoms. The van der Waals surface area contributed by atoms with Gasteiger partial charge < -0.3 is 10.6 Å². The third kappa shape index (κ3) is 3.50. The zero-order valence-electron chi connectivity index (χ0n) is 11.4. The maximum Gasteiger partial charge on any atom is 0.0489 e. The molecule has 1 aromatic rings. The lowest BCUT2D eigenvalue weighted by Crippen LogP contribution is -2.52. The van der Waals surface area contributed by atoms with Crippen molar-refractivity contribution >= 4 is 27.5 Å². The zero-order chi connectivity index (χ0) is 14.0. The van der Waals surface area contributed by atoms with E-state index in [-0.39, 0.29) is 6.04 Å². The van der Waals surface area contributed by atoms with Crippen LogP contribution >= 0.6 is 27.5 Å². The van der Waals surface area contributed by atoms with Crippen LogP contribution in [0.2, 0.25) is 5.02 Å². The minimum absolute atomic E-state index is 0.198. The van der Waals surface area contributed by atoms with Crippen molar-refractivity contribution in [3.8, 4) is 0 Å². The van der Waals surface area contributed by atoms with Gasteiger partial charge in [-0.2, -0.15) is 0 Å². The summed E-state index contributed by atoms with van der Waals surface area (Å²) < 4.78 is 1.00. The summed E-state index contributed by atoms with van der Waals surface area (Å²) in [6.45, 7) is 6.03. The molecule has 19 heavy (non-hydrogen) atoms. The van der Waals surface area contributed by atoms with Gasteiger partial charge >= 0.3 is 0 Å². The lowest BCUT2D eigenvalue weighted by Gasteiger charge is -2.43. The zero-order valence-corrected chi connectivity index (χ0v) is 13.8. The first-order valence-corrected chi connectivity index (χ1v) is 7.79. The molecule has 2 unspecified atom stereocenters. The van der Waals surface area contributed by atoms with Crippen LogP contribution in [-0.2, 0) is 0 Å². The molecule has 0 bridgehead atoms. The molecule has 5 heteroatoms. The second-order valence-electron chi connectivity index (χ2n) is 5.27. The van der Waals surface area contributed by atoms with Crippen LogP contribution in [0.4, 0.5) is 0 Å². The highest BCUT2D eigenvalue weighted by Crippen LogP contribution is 2.31. The highest BCUT2D eigenvalue weighted by atomic mass is 79.9. The smallest absolute Gasteiger partial charge is 0.0489 e. The molecule has 0 saturated carbocycles. The number of hydrogen-bond donors (Lipinski definition) is 1. The molecule has 0 amide bonds. The summed E-state index contributed by atoms with van der Waals surface area (Å²) in [5.74, 6) is 0. The fourth-order valence-corrected chi connectivity index (χ4v) is 3.63. The molecule has 1 fully saturated rings. The SMILES string of the molecule is CC1CN(C)CCN1C(CN)c1ccc(Br)cc1Cl. The van der Waals surface area contributed by atoms with E-state index in [1.165, 1.54) is 0 Å². The molecular weight excluding hydrogens is 326 g/mol. The minimum atomic E-state index is 0.198. The summed E-state index contributed by atoms with van der Waals surface area (Å²) in [6.07, 6.45) is 0. The Hall–Kier alpha value is -0.130. The average Bonchev–Trinajstić information content (AvgIpc) is 2.34. The first-order valence-electron chi connectivity index (χ1n) is 6.62. The summed E-state index contributed by atoms with van der Waals surface area (Å²) in [4.78, 5) is 4.83. The van der Waals surface area contributed by atoms with Crippen LogP contribution in [0.25, 0.3) is 0 Å². The monoisotopic (exact) mass is 345 g/mol. The van der Waals surface area contributed by atoms with Crippen LogP contribution in [0, 0.1) is 0 Å². The van der Waals surface area contributed by atoms with Gasteiger partial charge in [-0.1, -0.05) is 33.6 Å². The van der Waals surface area contributed by atoms with Crippen molar-refractivity contribution in [1.29, 1.82) is 0 Å². The predicted octanol–water partition coefficient (Wildman–Crippen LogP) is 2.74. The largest absolute Gasteiger partial charge is 0.329 e. The number of benzene rings is 1. The molecule has 2 atom stereocenters. The van der Waals surface area contributed by atoms with Crippen molar-refractivity contribution in [1.82, 2.24) is 9.80 Å². The molecule has 1 aliphatic rings. The fraction of sp³-hybridized carbons (Fsp3) is 0.571. The van der Waals surface area contributed by atoms with Gasteiger partial charge in [0.25, 0.3) is 0 Å². The summed E-state index contributed by atoms with van der Waals surface area (Å²) >= 11 is 9.82. The minimum Gasteiger partial charge on any atom is -0.329 e. The highest BCUT2D eigenvalue weighted by Gasteiger charge is 2.29. The molecule has 2 rings (SSSR count). The van der Waals surface area contributed by atoms with Gasteiger partial charge in [-0.3, -0.25) is 4.90 Å². The third-order valence-corrected chi connectivity index (χ3v) is 4.65. The Labute approximate surface area is 128 Å². The Bertz CT molecular complexity index is 441. The van der Waals surface area contributed by atoms with Crippen molar-refractivity contribution in [2.24, 2.45) is 5.73 Å². The van der Waals surface area contributed by atoms with Crippen LogP contribution in [0.3, 0.4) is 0 Å². The molecule has 2 N–H and O–H groups in total. The van der Waals surface area contributed by atoms with Crippen LogP contribution in [-0.4, -0.2) is 49.1 Å². The van der Waals surface area contributed by atoms with E-state index >= 15 is 0 Å². The van der Waals surface area contributed by atoms with Crippen molar-refractivity contribution < 1.29 is 0 Å². The van der Waals surface area contributed by atoms with Gasteiger partial charge in [0.2, 0.25) is 0 Å². The molecule has 1 heterocycles. The van der Waals surface area contributed by atoms with E-state index in [0.717, 1.165) is 34.7 Å². The first kappa shape index (κ1) is 15.3. The van der Waals surface area contributed by atoms with E-state index in [1.54, 1.807) is 0 Å². The standard InChI is InChI=1S/C14H21BrClN3/c1-10-9-18(2)5-6-19(10)14(8-17)12-4-3-11(15)7-13(12)16/h3-4,7,10,14H,5-6,8-9,17H2,1-2H3. The number of halogens is 2. The number of likely N-dealkylation sites (N-methyl/N-ethyl adjacent to an activating group) is 1. The molecule has 3 nitrogen and oxygen atoms in total. The van der Waals surface area contributed by atoms with E-state index in [9.17, 15) is 0 Å². The summed E-state index contributed by atoms with van der Waals surface area (Å²) in [6, 6.07) is 6.75. The Morgan fingerprint density at radius 2 is 2.21 bits per heavy atom. The molecule has 1 aromatic carbocycles. The Morgan fingerprint density at radius 1 is 1.47 bits per heavy atom. The normalized spacial score (nSPS) is 23.5. The molecule has 0 aliphatic carbocycles. The van der Waals surface area contributed by atoms with E-state index in [0.29, 0.717) is 12.6 Å². The Morgan fingerprint density at radius 3 is 2.79 bits per heavy atom. The van der Waals surface area contributed by atoms with E-state index in [4.69, 9.17) is 17.3 Å². The Kier molecular flexibility index (Phi) is 5.26. The summed E-state index contributed by atoms with van der Waals surface area (Å²) in [7, 11) is 2.16. The van der Waals surface area contributed by atoms with Gasteiger partial charge in [-0.15, -0.1) is 0 Å². The van der Waals surface area contributed by atoms with E-state index < -0.39 is 0 Å².